The number of anilines is 1. The number of hydrogen-bond donors (Lipinski definition) is 2. The summed E-state index contributed by atoms with van der Waals surface area (Å²) >= 11 is 0. The third kappa shape index (κ3) is 5.02. The Hall–Kier alpha value is -3.78. The second kappa shape index (κ2) is 9.84. The van der Waals surface area contributed by atoms with E-state index < -0.39 is 12.1 Å². The van der Waals surface area contributed by atoms with Crippen molar-refractivity contribution in [2.45, 2.75) is 51.3 Å². The molecule has 8 heteroatoms. The van der Waals surface area contributed by atoms with Crippen LogP contribution in [0.15, 0.2) is 66.8 Å². The van der Waals surface area contributed by atoms with Gasteiger partial charge in [-0.15, -0.1) is 0 Å². The van der Waals surface area contributed by atoms with Crippen molar-refractivity contribution in [2.75, 3.05) is 4.90 Å². The number of benzene rings is 1. The van der Waals surface area contributed by atoms with Gasteiger partial charge in [-0.3, -0.25) is 9.78 Å². The molecule has 1 fully saturated rings. The fourth-order valence-electron chi connectivity index (χ4n) is 4.52. The van der Waals surface area contributed by atoms with Gasteiger partial charge in [0, 0.05) is 30.1 Å². The van der Waals surface area contributed by atoms with Crippen molar-refractivity contribution in [1.29, 1.82) is 0 Å². The molecule has 3 heterocycles. The van der Waals surface area contributed by atoms with E-state index in [2.05, 4.69) is 15.3 Å². The first-order valence-corrected chi connectivity index (χ1v) is 11.8. The molecular formula is C27H27FN4O3. The highest BCUT2D eigenvalue weighted by molar-refractivity contribution is 5.93. The number of carbonyl (C=O) groups excluding carboxylic acids is 1. The summed E-state index contributed by atoms with van der Waals surface area (Å²) in [7, 11) is 0. The summed E-state index contributed by atoms with van der Waals surface area (Å²) in [6.07, 6.45) is 7.71. The van der Waals surface area contributed by atoms with Crippen LogP contribution < -0.4 is 15.0 Å². The molecule has 0 bridgehead atoms. The van der Waals surface area contributed by atoms with E-state index >= 15 is 0 Å². The number of carbonyl (C=O) groups is 1. The van der Waals surface area contributed by atoms with Gasteiger partial charge in [0.15, 0.2) is 5.75 Å². The number of aliphatic hydroxyl groups excluding tert-OH is 1. The Kier molecular flexibility index (Phi) is 6.46. The Bertz CT molecular complexity index is 1280. The number of aliphatic hydroxyl groups is 1. The highest BCUT2D eigenvalue weighted by Gasteiger charge is 2.29. The van der Waals surface area contributed by atoms with E-state index in [4.69, 9.17) is 4.74 Å². The highest BCUT2D eigenvalue weighted by atomic mass is 19.1. The third-order valence-corrected chi connectivity index (χ3v) is 6.42. The third-order valence-electron chi connectivity index (χ3n) is 6.42. The van der Waals surface area contributed by atoms with Crippen LogP contribution >= 0.6 is 0 Å². The maximum Gasteiger partial charge on any atom is 0.288 e. The van der Waals surface area contributed by atoms with E-state index in [-0.39, 0.29) is 17.7 Å². The van der Waals surface area contributed by atoms with Gasteiger partial charge in [0.05, 0.1) is 29.7 Å². The van der Waals surface area contributed by atoms with E-state index in [1.54, 1.807) is 25.4 Å². The summed E-state index contributed by atoms with van der Waals surface area (Å²) in [6, 6.07) is 12.8. The Labute approximate surface area is 203 Å². The topological polar surface area (TPSA) is 87.6 Å². The first-order valence-electron chi connectivity index (χ1n) is 11.8. The summed E-state index contributed by atoms with van der Waals surface area (Å²) in [5, 5.41) is 13.2. The van der Waals surface area contributed by atoms with Gasteiger partial charge in [-0.05, 0) is 55.7 Å². The predicted octanol–water partition coefficient (Wildman–Crippen LogP) is 4.25. The Balaban J connectivity index is 1.40. The first kappa shape index (κ1) is 23.0. The zero-order chi connectivity index (χ0) is 24.4. The van der Waals surface area contributed by atoms with Crippen LogP contribution in [0.5, 0.6) is 5.75 Å². The number of pyridine rings is 2. The molecule has 1 saturated carbocycles. The van der Waals surface area contributed by atoms with Gasteiger partial charge in [0.25, 0.3) is 5.91 Å². The number of amides is 1. The van der Waals surface area contributed by atoms with Gasteiger partial charge in [0.2, 0.25) is 11.7 Å². The van der Waals surface area contributed by atoms with Gasteiger partial charge >= 0.3 is 0 Å². The van der Waals surface area contributed by atoms with Crippen LogP contribution in [0.4, 0.5) is 10.1 Å². The van der Waals surface area contributed by atoms with Crippen molar-refractivity contribution in [2.24, 2.45) is 0 Å². The van der Waals surface area contributed by atoms with E-state index in [9.17, 15) is 14.3 Å². The predicted molar refractivity (Wildman–Crippen MR) is 130 cm³/mol. The van der Waals surface area contributed by atoms with Gasteiger partial charge < -0.3 is 20.1 Å². The molecule has 0 unspecified atom stereocenters. The number of hydrogen-bond acceptors (Lipinski definition) is 6. The molecule has 2 atom stereocenters. The lowest BCUT2D eigenvalue weighted by atomic mass is 9.92. The number of nitrogens with zero attached hydrogens (tertiary/aromatic N) is 3. The minimum absolute atomic E-state index is 0.175. The quantitative estimate of drug-likeness (QED) is 0.538. The van der Waals surface area contributed by atoms with E-state index in [0.29, 0.717) is 30.0 Å². The van der Waals surface area contributed by atoms with Crippen molar-refractivity contribution in [1.82, 2.24) is 15.3 Å². The van der Waals surface area contributed by atoms with Crippen molar-refractivity contribution in [3.05, 3.63) is 83.9 Å². The van der Waals surface area contributed by atoms with Crippen molar-refractivity contribution < 1.29 is 19.0 Å². The number of aryl methyl sites for hydroxylation is 1. The molecule has 0 radical (unpaired) electrons. The number of rotatable bonds is 5. The van der Waals surface area contributed by atoms with Crippen molar-refractivity contribution in [3.63, 3.8) is 0 Å². The smallest absolute Gasteiger partial charge is 0.288 e. The number of para-hydroxylation sites is 2. The molecule has 2 aromatic heterocycles. The minimum atomic E-state index is -0.542. The Morgan fingerprint density at radius 2 is 2.03 bits per heavy atom. The van der Waals surface area contributed by atoms with E-state index in [1.165, 1.54) is 6.20 Å². The SMILES string of the molecule is Cc1cc(-c2cc(CN3C=C(C(=O)N[C@H]4CCCC[C@@H]4O)Oc4ccccc43)ccn2)cnc1F. The van der Waals surface area contributed by atoms with Crippen LogP contribution in [0.3, 0.4) is 0 Å². The average molecular weight is 475 g/mol. The number of ether oxygens (including phenoxy) is 1. The average Bonchev–Trinajstić information content (AvgIpc) is 2.87. The summed E-state index contributed by atoms with van der Waals surface area (Å²) < 4.78 is 19.5. The van der Waals surface area contributed by atoms with Gasteiger partial charge in [-0.1, -0.05) is 25.0 Å². The zero-order valence-corrected chi connectivity index (χ0v) is 19.4. The molecule has 180 valence electrons. The largest absolute Gasteiger partial charge is 0.448 e. The number of nitrogens with one attached hydrogen (secondary N) is 1. The van der Waals surface area contributed by atoms with E-state index in [1.807, 2.05) is 41.3 Å². The Morgan fingerprint density at radius 1 is 1.20 bits per heavy atom. The Morgan fingerprint density at radius 3 is 2.86 bits per heavy atom. The molecule has 1 amide bonds. The van der Waals surface area contributed by atoms with Gasteiger partial charge in [-0.25, -0.2) is 4.98 Å². The summed E-state index contributed by atoms with van der Waals surface area (Å²) in [4.78, 5) is 23.2. The fraction of sp³-hybridized carbons (Fsp3) is 0.296. The molecule has 0 spiro atoms. The monoisotopic (exact) mass is 474 g/mol. The molecule has 5 rings (SSSR count). The van der Waals surface area contributed by atoms with Gasteiger partial charge in [-0.2, -0.15) is 4.39 Å². The van der Waals surface area contributed by atoms with Crippen LogP contribution in [0.25, 0.3) is 11.3 Å². The van der Waals surface area contributed by atoms with E-state index in [0.717, 1.165) is 36.1 Å². The lowest BCUT2D eigenvalue weighted by Crippen LogP contribution is -2.46. The van der Waals surface area contributed by atoms with Crippen molar-refractivity contribution in [3.8, 4) is 17.0 Å². The molecule has 3 aromatic rings. The summed E-state index contributed by atoms with van der Waals surface area (Å²) in [5.41, 5.74) is 3.66. The first-order chi connectivity index (χ1) is 17.0. The van der Waals surface area contributed by atoms with Crippen LogP contribution in [0, 0.1) is 12.9 Å². The fourth-order valence-corrected chi connectivity index (χ4v) is 4.52. The molecule has 0 saturated heterocycles. The lowest BCUT2D eigenvalue weighted by Gasteiger charge is -2.31. The lowest BCUT2D eigenvalue weighted by molar-refractivity contribution is -0.121. The molecule has 7 nitrogen and oxygen atoms in total. The molecule has 1 aliphatic heterocycles. The zero-order valence-electron chi connectivity index (χ0n) is 19.4. The van der Waals surface area contributed by atoms with Crippen LogP contribution in [0.1, 0.15) is 36.8 Å². The van der Waals surface area contributed by atoms with Crippen LogP contribution in [-0.4, -0.2) is 33.1 Å². The maximum absolute atomic E-state index is 13.6. The highest BCUT2D eigenvalue weighted by Crippen LogP contribution is 2.35. The second-order valence-electron chi connectivity index (χ2n) is 9.00. The second-order valence-corrected chi connectivity index (χ2v) is 9.00. The normalized spacial score (nSPS) is 19.4. The molecule has 2 N–H and O–H groups in total. The molecule has 35 heavy (non-hydrogen) atoms. The number of halogens is 1. The minimum Gasteiger partial charge on any atom is -0.448 e. The van der Waals surface area contributed by atoms with Gasteiger partial charge in [0.1, 0.15) is 0 Å². The molecule has 1 aliphatic carbocycles. The van der Waals surface area contributed by atoms with Crippen molar-refractivity contribution >= 4 is 11.6 Å². The molecule has 1 aromatic carbocycles. The maximum atomic E-state index is 13.6. The number of fused-ring (bicyclic) bond motifs is 1. The summed E-state index contributed by atoms with van der Waals surface area (Å²) in [5.74, 6) is -0.0867. The molecular weight excluding hydrogens is 447 g/mol. The van der Waals surface area contributed by atoms with Crippen LogP contribution in [0.2, 0.25) is 0 Å². The van der Waals surface area contributed by atoms with Crippen LogP contribution in [-0.2, 0) is 11.3 Å². The standard InChI is InChI=1S/C27H27FN4O3/c1-17-12-19(14-30-26(17)28)21-13-18(10-11-29-21)15-32-16-25(35-24-9-5-3-7-22(24)32)27(34)31-20-6-2-4-8-23(20)33/h3,5,7,9-14,16,20,23,33H,2,4,6,8,15H2,1H3,(H,31,34)/t20-,23-/m0/s1. The number of aromatic nitrogens is 2. The molecule has 2 aliphatic rings. The summed E-state index contributed by atoms with van der Waals surface area (Å²) in [6.45, 7) is 2.14.